The van der Waals surface area contributed by atoms with Gasteiger partial charge in [0, 0.05) is 0 Å². The van der Waals surface area contributed by atoms with Gasteiger partial charge in [-0.1, -0.05) is 0 Å². The Hall–Kier alpha value is -2.82. The summed E-state index contributed by atoms with van der Waals surface area (Å²) in [7, 11) is 1.26. The fourth-order valence-electron chi connectivity index (χ4n) is 1.07. The maximum Gasteiger partial charge on any atom is 0.358 e. The number of carbonyl (C=O) groups is 1. The number of nitrogens with zero attached hydrogens (tertiary/aromatic N) is 6. The average Bonchev–Trinajstić information content (AvgIpc) is 2.87. The van der Waals surface area contributed by atoms with E-state index in [-0.39, 0.29) is 11.5 Å². The van der Waals surface area contributed by atoms with Gasteiger partial charge >= 0.3 is 5.97 Å². The van der Waals surface area contributed by atoms with E-state index in [1.54, 1.807) is 6.07 Å². The second-order valence-corrected chi connectivity index (χ2v) is 2.88. The third-order valence-corrected chi connectivity index (χ3v) is 1.86. The highest BCUT2D eigenvalue weighted by Crippen LogP contribution is 2.02. The lowest BCUT2D eigenvalue weighted by molar-refractivity contribution is 0.0593. The van der Waals surface area contributed by atoms with E-state index in [1.165, 1.54) is 30.5 Å². The highest BCUT2D eigenvalue weighted by Gasteiger charge is 2.09. The van der Waals surface area contributed by atoms with Crippen LogP contribution in [0.2, 0.25) is 0 Å². The molecule has 0 spiro atoms. The monoisotopic (exact) mass is 230 g/mol. The van der Waals surface area contributed by atoms with Crippen LogP contribution in [0.1, 0.15) is 16.3 Å². The third-order valence-electron chi connectivity index (χ3n) is 1.86. The largest absolute Gasteiger partial charge is 0.464 e. The van der Waals surface area contributed by atoms with Crippen LogP contribution in [0.15, 0.2) is 18.7 Å². The summed E-state index contributed by atoms with van der Waals surface area (Å²) in [5.41, 5.74) is 0.0943. The van der Waals surface area contributed by atoms with Gasteiger partial charge in [0.15, 0.2) is 11.5 Å². The summed E-state index contributed by atoms with van der Waals surface area (Å²) in [6.07, 6.45) is 3.93. The lowest BCUT2D eigenvalue weighted by atomic mass is 10.4. The van der Waals surface area contributed by atoms with Gasteiger partial charge in [-0.05, 0) is 0 Å². The molecule has 0 radical (unpaired) electrons. The maximum absolute atomic E-state index is 11.1. The van der Waals surface area contributed by atoms with Gasteiger partial charge in [0.25, 0.3) is 5.82 Å². The normalized spacial score (nSPS) is 9.65. The summed E-state index contributed by atoms with van der Waals surface area (Å²) in [6, 6.07) is 1.79. The van der Waals surface area contributed by atoms with Gasteiger partial charge in [0.05, 0.1) is 19.5 Å². The first-order valence-electron chi connectivity index (χ1n) is 4.47. The van der Waals surface area contributed by atoms with E-state index >= 15 is 0 Å². The van der Waals surface area contributed by atoms with Crippen molar-refractivity contribution >= 4 is 5.97 Å². The van der Waals surface area contributed by atoms with Crippen molar-refractivity contribution in [2.24, 2.45) is 0 Å². The Kier molecular flexibility index (Phi) is 2.74. The Morgan fingerprint density at radius 2 is 2.24 bits per heavy atom. The van der Waals surface area contributed by atoms with Crippen LogP contribution in [0, 0.1) is 11.3 Å². The van der Waals surface area contributed by atoms with Crippen LogP contribution in [0.25, 0.3) is 5.82 Å². The molecule has 8 nitrogen and oxygen atoms in total. The van der Waals surface area contributed by atoms with E-state index in [9.17, 15) is 4.79 Å². The number of nitriles is 1. The highest BCUT2D eigenvalue weighted by atomic mass is 16.5. The molecule has 0 aliphatic heterocycles. The molecule has 0 aliphatic carbocycles. The summed E-state index contributed by atoms with van der Waals surface area (Å²) in [5, 5.41) is 12.4. The number of carbonyl (C=O) groups excluding carboxylic acids is 1. The van der Waals surface area contributed by atoms with Crippen LogP contribution in [-0.4, -0.2) is 37.8 Å². The Morgan fingerprint density at radius 1 is 1.41 bits per heavy atom. The summed E-state index contributed by atoms with van der Waals surface area (Å²) < 4.78 is 5.77. The van der Waals surface area contributed by atoms with Gasteiger partial charge in [-0.15, -0.1) is 5.10 Å². The van der Waals surface area contributed by atoms with Gasteiger partial charge in [-0.2, -0.15) is 9.94 Å². The molecule has 2 heterocycles. The molecule has 0 aromatic carbocycles. The van der Waals surface area contributed by atoms with Gasteiger partial charge in [-0.3, -0.25) is 0 Å². The van der Waals surface area contributed by atoms with Crippen molar-refractivity contribution in [1.82, 2.24) is 24.7 Å². The molecule has 0 saturated heterocycles. The topological polar surface area (TPSA) is 107 Å². The van der Waals surface area contributed by atoms with Gasteiger partial charge in [0.1, 0.15) is 12.4 Å². The number of ether oxygens (including phenoxy) is 1. The maximum atomic E-state index is 11.1. The molecule has 2 rings (SSSR count). The summed E-state index contributed by atoms with van der Waals surface area (Å²) in [6.45, 7) is 0. The number of aromatic nitrogens is 5. The number of rotatable bonds is 2. The molecule has 84 valence electrons. The Morgan fingerprint density at radius 3 is 2.76 bits per heavy atom. The number of esters is 1. The molecule has 0 bridgehead atoms. The second-order valence-electron chi connectivity index (χ2n) is 2.88. The molecule has 2 aromatic heterocycles. The number of hydrogen-bond acceptors (Lipinski definition) is 7. The van der Waals surface area contributed by atoms with Crippen molar-refractivity contribution in [3.63, 3.8) is 0 Å². The molecule has 0 aliphatic rings. The fraction of sp³-hybridized carbons (Fsp3) is 0.111. The van der Waals surface area contributed by atoms with Crippen molar-refractivity contribution in [1.29, 1.82) is 5.26 Å². The first kappa shape index (κ1) is 10.7. The minimum atomic E-state index is -0.569. The Labute approximate surface area is 95.5 Å². The highest BCUT2D eigenvalue weighted by molar-refractivity contribution is 5.86. The standard InChI is InChI=1S/C9H6N6O2/c1-17-9(16)6-3-12-8(4-11-6)15-5-13-7(2-10)14-15/h3-5H,1H3. The van der Waals surface area contributed by atoms with Crippen molar-refractivity contribution in [3.05, 3.63) is 30.2 Å². The van der Waals surface area contributed by atoms with E-state index in [1.807, 2.05) is 0 Å². The predicted molar refractivity (Wildman–Crippen MR) is 53.0 cm³/mol. The van der Waals surface area contributed by atoms with Crippen LogP contribution in [0.5, 0.6) is 0 Å². The molecular formula is C9H6N6O2. The lowest BCUT2D eigenvalue weighted by Crippen LogP contribution is -2.07. The first-order valence-corrected chi connectivity index (χ1v) is 4.47. The average molecular weight is 230 g/mol. The van der Waals surface area contributed by atoms with Crippen molar-refractivity contribution in [2.75, 3.05) is 7.11 Å². The van der Waals surface area contributed by atoms with Gasteiger partial charge in [-0.25, -0.2) is 19.7 Å². The fourth-order valence-corrected chi connectivity index (χ4v) is 1.07. The van der Waals surface area contributed by atoms with E-state index in [0.717, 1.165) is 0 Å². The molecule has 0 fully saturated rings. The molecule has 8 heteroatoms. The number of hydrogen-bond donors (Lipinski definition) is 0. The number of methoxy groups -OCH3 is 1. The van der Waals surface area contributed by atoms with Crippen LogP contribution >= 0.6 is 0 Å². The molecule has 0 unspecified atom stereocenters. The summed E-state index contributed by atoms with van der Waals surface area (Å²) in [4.78, 5) is 22.6. The zero-order valence-electron chi connectivity index (χ0n) is 8.73. The van der Waals surface area contributed by atoms with Crippen LogP contribution < -0.4 is 0 Å². The predicted octanol–water partition coefficient (Wildman–Crippen LogP) is -0.284. The van der Waals surface area contributed by atoms with Crippen LogP contribution in [0.3, 0.4) is 0 Å². The molecule has 2 aromatic rings. The minimum absolute atomic E-state index is 0.0313. The Balaban J connectivity index is 2.29. The molecule has 0 saturated carbocycles. The van der Waals surface area contributed by atoms with E-state index in [0.29, 0.717) is 5.82 Å². The molecule has 0 atom stereocenters. The minimum Gasteiger partial charge on any atom is -0.464 e. The SMILES string of the molecule is COC(=O)c1cnc(-n2cnc(C#N)n2)cn1. The molecular weight excluding hydrogens is 224 g/mol. The van der Waals surface area contributed by atoms with Gasteiger partial charge < -0.3 is 4.74 Å². The first-order chi connectivity index (χ1) is 8.24. The molecule has 0 amide bonds. The van der Waals surface area contributed by atoms with Crippen molar-refractivity contribution in [2.45, 2.75) is 0 Å². The van der Waals surface area contributed by atoms with Crippen LogP contribution in [0.4, 0.5) is 0 Å². The van der Waals surface area contributed by atoms with E-state index < -0.39 is 5.97 Å². The van der Waals surface area contributed by atoms with E-state index in [2.05, 4.69) is 24.8 Å². The zero-order valence-corrected chi connectivity index (χ0v) is 8.73. The second kappa shape index (κ2) is 4.36. The smallest absolute Gasteiger partial charge is 0.358 e. The van der Waals surface area contributed by atoms with Gasteiger partial charge in [0.2, 0.25) is 0 Å². The third kappa shape index (κ3) is 2.07. The summed E-state index contributed by atoms with van der Waals surface area (Å²) in [5.74, 6) is -0.184. The Bertz CT molecular complexity index is 582. The van der Waals surface area contributed by atoms with Crippen LogP contribution in [-0.2, 0) is 4.74 Å². The van der Waals surface area contributed by atoms with E-state index in [4.69, 9.17) is 5.26 Å². The zero-order chi connectivity index (χ0) is 12.3. The van der Waals surface area contributed by atoms with Crippen molar-refractivity contribution < 1.29 is 9.53 Å². The van der Waals surface area contributed by atoms with Crippen molar-refractivity contribution in [3.8, 4) is 11.9 Å². The summed E-state index contributed by atoms with van der Waals surface area (Å²) >= 11 is 0. The lowest BCUT2D eigenvalue weighted by Gasteiger charge is -2.00. The molecule has 0 N–H and O–H groups in total. The quantitative estimate of drug-likeness (QED) is 0.652. The molecule has 17 heavy (non-hydrogen) atoms.